The van der Waals surface area contributed by atoms with Crippen molar-refractivity contribution in [3.8, 4) is 0 Å². The lowest BCUT2D eigenvalue weighted by atomic mass is 10.3. The van der Waals surface area contributed by atoms with E-state index in [0.29, 0.717) is 11.4 Å². The van der Waals surface area contributed by atoms with Gasteiger partial charge in [-0.25, -0.2) is 13.4 Å². The normalized spacial score (nSPS) is 16.6. The highest BCUT2D eigenvalue weighted by Gasteiger charge is 2.31. The number of rotatable bonds is 5. The van der Waals surface area contributed by atoms with E-state index in [1.807, 2.05) is 0 Å². The van der Waals surface area contributed by atoms with Gasteiger partial charge in [-0.05, 0) is 32.1 Å². The largest absolute Gasteiger partial charge is 0.475 e. The molecule has 3 N–H and O–H groups in total. The number of allylic oxidation sites excluding steroid dienone is 2. The molecule has 24 heavy (non-hydrogen) atoms. The number of sulfone groups is 1. The summed E-state index contributed by atoms with van der Waals surface area (Å²) in [7, 11) is -4.03. The lowest BCUT2D eigenvalue weighted by Crippen LogP contribution is -2.26. The molecule has 0 fully saturated rings. The van der Waals surface area contributed by atoms with E-state index in [-0.39, 0.29) is 28.8 Å². The molecule has 0 aliphatic carbocycles. The fraction of sp³-hybridized carbons (Fsp3) is 0.250. The number of nitrogens with zero attached hydrogens (tertiary/aromatic N) is 1. The Balaban J connectivity index is 2.61. The van der Waals surface area contributed by atoms with E-state index >= 15 is 0 Å². The van der Waals surface area contributed by atoms with Gasteiger partial charge >= 0.3 is 0 Å². The number of nitrogens with one attached hydrogen (secondary N) is 2. The summed E-state index contributed by atoms with van der Waals surface area (Å²) in [5.74, 6) is -0.541. The highest BCUT2D eigenvalue weighted by Crippen LogP contribution is 2.25. The van der Waals surface area contributed by atoms with Gasteiger partial charge < -0.3 is 15.2 Å². The summed E-state index contributed by atoms with van der Waals surface area (Å²) in [5.41, 5.74) is 1.31. The van der Waals surface area contributed by atoms with Crippen LogP contribution in [0.25, 0.3) is 0 Å². The minimum atomic E-state index is -4.03. The third-order valence-corrected chi connectivity index (χ3v) is 4.92. The van der Waals surface area contributed by atoms with E-state index in [1.165, 1.54) is 12.1 Å². The molecule has 0 unspecified atom stereocenters. The van der Waals surface area contributed by atoms with E-state index in [0.717, 1.165) is 0 Å². The zero-order valence-electron chi connectivity index (χ0n) is 13.4. The van der Waals surface area contributed by atoms with E-state index in [4.69, 9.17) is 15.3 Å². The average Bonchev–Trinajstić information content (AvgIpc) is 2.52. The van der Waals surface area contributed by atoms with Crippen LogP contribution in [0.3, 0.4) is 0 Å². The molecule has 0 amide bonds. The molecule has 0 atom stereocenters. The number of benzene rings is 1. The topological polar surface area (TPSA) is 112 Å². The summed E-state index contributed by atoms with van der Waals surface area (Å²) in [6, 6.07) is 7.78. The fourth-order valence-electron chi connectivity index (χ4n) is 2.17. The first kappa shape index (κ1) is 17.9. The minimum absolute atomic E-state index is 0.0271. The maximum atomic E-state index is 13.0. The van der Waals surface area contributed by atoms with E-state index in [9.17, 15) is 8.42 Å². The van der Waals surface area contributed by atoms with Gasteiger partial charge in [-0.1, -0.05) is 18.2 Å². The van der Waals surface area contributed by atoms with Gasteiger partial charge in [0, 0.05) is 11.4 Å². The van der Waals surface area contributed by atoms with Gasteiger partial charge in [0.05, 0.1) is 11.5 Å². The monoisotopic (exact) mass is 349 g/mol. The molecule has 1 aliphatic heterocycles. The molecule has 0 bridgehead atoms. The van der Waals surface area contributed by atoms with Gasteiger partial charge in [-0.2, -0.15) is 0 Å². The Bertz CT molecular complexity index is 824. The summed E-state index contributed by atoms with van der Waals surface area (Å²) in [6.07, 6.45) is 1.76. The predicted octanol–water partition coefficient (Wildman–Crippen LogP) is 1.58. The van der Waals surface area contributed by atoms with Crippen LogP contribution < -0.4 is 5.32 Å². The van der Waals surface area contributed by atoms with Crippen molar-refractivity contribution >= 4 is 21.4 Å². The van der Waals surface area contributed by atoms with Crippen LogP contribution in [0.1, 0.15) is 13.8 Å². The lowest BCUT2D eigenvalue weighted by molar-refractivity contribution is 0.193. The van der Waals surface area contributed by atoms with Crippen LogP contribution in [-0.2, 0) is 14.6 Å². The van der Waals surface area contributed by atoms with Crippen LogP contribution in [0.15, 0.2) is 62.7 Å². The van der Waals surface area contributed by atoms with Crippen LogP contribution in [0.4, 0.5) is 0 Å². The highest BCUT2D eigenvalue weighted by atomic mass is 32.2. The van der Waals surface area contributed by atoms with E-state index < -0.39 is 15.7 Å². The molecule has 8 heteroatoms. The van der Waals surface area contributed by atoms with Crippen LogP contribution in [0, 0.1) is 5.41 Å². The number of hydrogen-bond donors (Lipinski definition) is 3. The Hall–Kier alpha value is -2.45. The molecule has 1 aromatic rings. The maximum Gasteiger partial charge on any atom is 0.229 e. The first-order valence-corrected chi connectivity index (χ1v) is 8.72. The Morgan fingerprint density at radius 3 is 2.54 bits per heavy atom. The van der Waals surface area contributed by atoms with Crippen molar-refractivity contribution in [3.05, 3.63) is 52.8 Å². The Morgan fingerprint density at radius 2 is 1.96 bits per heavy atom. The second-order valence-corrected chi connectivity index (χ2v) is 6.99. The molecule has 1 heterocycles. The third kappa shape index (κ3) is 3.90. The van der Waals surface area contributed by atoms with E-state index in [2.05, 4.69) is 10.3 Å². The molecule has 0 spiro atoms. The van der Waals surface area contributed by atoms with Crippen LogP contribution >= 0.6 is 0 Å². The number of aliphatic hydroxyl groups excluding tert-OH is 1. The molecular weight excluding hydrogens is 330 g/mol. The van der Waals surface area contributed by atoms with Crippen LogP contribution in [0.5, 0.6) is 0 Å². The maximum absolute atomic E-state index is 13.0. The van der Waals surface area contributed by atoms with Crippen molar-refractivity contribution in [1.29, 1.82) is 5.41 Å². The van der Waals surface area contributed by atoms with Crippen molar-refractivity contribution < 1.29 is 18.3 Å². The van der Waals surface area contributed by atoms with Gasteiger partial charge in [0.2, 0.25) is 15.7 Å². The predicted molar refractivity (Wildman–Crippen MR) is 91.4 cm³/mol. The van der Waals surface area contributed by atoms with Crippen molar-refractivity contribution in [2.75, 3.05) is 13.2 Å². The summed E-state index contributed by atoms with van der Waals surface area (Å²) in [4.78, 5) is 3.87. The van der Waals surface area contributed by atoms with Gasteiger partial charge in [0.15, 0.2) is 10.7 Å². The van der Waals surface area contributed by atoms with Gasteiger partial charge in [0.1, 0.15) is 6.61 Å². The Kier molecular flexibility index (Phi) is 5.53. The molecule has 1 aromatic carbocycles. The van der Waals surface area contributed by atoms with Gasteiger partial charge in [-0.3, -0.25) is 5.41 Å². The first-order valence-electron chi connectivity index (χ1n) is 7.24. The fourth-order valence-corrected chi connectivity index (χ4v) is 3.57. The summed E-state index contributed by atoms with van der Waals surface area (Å²) >= 11 is 0. The lowest BCUT2D eigenvalue weighted by Gasteiger charge is -2.19. The van der Waals surface area contributed by atoms with Gasteiger partial charge in [-0.15, -0.1) is 0 Å². The molecule has 7 nitrogen and oxygen atoms in total. The van der Waals surface area contributed by atoms with Gasteiger partial charge in [0.25, 0.3) is 0 Å². The second-order valence-electron chi connectivity index (χ2n) is 5.10. The van der Waals surface area contributed by atoms with Crippen LogP contribution in [0.2, 0.25) is 0 Å². The first-order chi connectivity index (χ1) is 11.4. The quantitative estimate of drug-likeness (QED) is 0.552. The molecule has 1 aliphatic rings. The number of aliphatic hydroxyl groups is 1. The van der Waals surface area contributed by atoms with Crippen molar-refractivity contribution in [1.82, 2.24) is 5.32 Å². The zero-order valence-corrected chi connectivity index (χ0v) is 14.2. The van der Waals surface area contributed by atoms with Crippen LogP contribution in [-0.4, -0.2) is 38.3 Å². The minimum Gasteiger partial charge on any atom is -0.475 e. The zero-order chi connectivity index (χ0) is 17.7. The molecule has 0 radical (unpaired) electrons. The van der Waals surface area contributed by atoms with Crippen molar-refractivity contribution in [3.63, 3.8) is 0 Å². The average molecular weight is 349 g/mol. The standard InChI is InChI=1S/C16H19N3O4S/c1-11-10-12(2)19-16(18-11)14(15(17)23-9-8-20)24(21,22)13-6-4-3-5-7-13/h3-7,10,17-18,20H,8-9H2,1-2H3/b16-14-,17-15?. The molecule has 2 rings (SSSR count). The van der Waals surface area contributed by atoms with Crippen molar-refractivity contribution in [2.45, 2.75) is 18.7 Å². The summed E-state index contributed by atoms with van der Waals surface area (Å²) in [5, 5.41) is 19.8. The Labute approximate surface area is 140 Å². The Morgan fingerprint density at radius 1 is 1.29 bits per heavy atom. The SMILES string of the molecule is CC1=CC(C)=N/C(=C(/C(=N)OCCO)S(=O)(=O)c2ccccc2)N1. The molecule has 0 saturated carbocycles. The third-order valence-electron chi connectivity index (χ3n) is 3.11. The molecule has 0 saturated heterocycles. The smallest absolute Gasteiger partial charge is 0.229 e. The number of ether oxygens (including phenoxy) is 1. The molecule has 0 aromatic heterocycles. The second kappa shape index (κ2) is 7.41. The molecule has 128 valence electrons. The van der Waals surface area contributed by atoms with E-state index in [1.54, 1.807) is 38.1 Å². The number of aliphatic imine (C=N–C) groups is 1. The highest BCUT2D eigenvalue weighted by molar-refractivity contribution is 7.96. The summed E-state index contributed by atoms with van der Waals surface area (Å²) in [6.45, 7) is 2.99. The number of hydrogen-bond acceptors (Lipinski definition) is 7. The summed E-state index contributed by atoms with van der Waals surface area (Å²) < 4.78 is 31.0. The van der Waals surface area contributed by atoms with Crippen molar-refractivity contribution in [2.24, 2.45) is 4.99 Å². The molecular formula is C16H19N3O4S.